The molecule has 0 aromatic rings. The summed E-state index contributed by atoms with van der Waals surface area (Å²) >= 11 is 0. The maximum atomic E-state index is 2.97. The summed E-state index contributed by atoms with van der Waals surface area (Å²) in [6, 6.07) is 0. The van der Waals surface area contributed by atoms with Gasteiger partial charge < -0.3 is 5.32 Å². The molecule has 0 fully saturated rings. The molecule has 0 aliphatic carbocycles. The normalized spacial score (nSPS) is 14.0. The molecule has 0 saturated carbocycles. The lowest BCUT2D eigenvalue weighted by Gasteiger charge is -1.96. The lowest BCUT2D eigenvalue weighted by molar-refractivity contribution is 1.10. The van der Waals surface area contributed by atoms with Crippen LogP contribution in [0.5, 0.6) is 0 Å². The molecule has 0 rings (SSSR count). The van der Waals surface area contributed by atoms with Crippen LogP contribution in [-0.4, -0.2) is 7.05 Å². The van der Waals surface area contributed by atoms with E-state index in [1.807, 2.05) is 13.2 Å². The molecule has 1 N–H and O–H groups in total. The molecular formula is C11H19N. The van der Waals surface area contributed by atoms with Crippen LogP contribution in [0.2, 0.25) is 0 Å². The minimum absolute atomic E-state index is 1.10. The third-order valence-corrected chi connectivity index (χ3v) is 1.73. The summed E-state index contributed by atoms with van der Waals surface area (Å²) in [4.78, 5) is 0. The quantitative estimate of drug-likeness (QED) is 0.631. The van der Waals surface area contributed by atoms with E-state index < -0.39 is 0 Å². The molecule has 68 valence electrons. The lowest BCUT2D eigenvalue weighted by Crippen LogP contribution is -1.91. The van der Waals surface area contributed by atoms with Crippen molar-refractivity contribution >= 4 is 0 Å². The molecule has 0 aromatic heterocycles. The predicted octanol–water partition coefficient (Wildman–Crippen LogP) is 3.02. The Balaban J connectivity index is 4.25. The van der Waals surface area contributed by atoms with Crippen molar-refractivity contribution in [3.05, 3.63) is 35.6 Å². The van der Waals surface area contributed by atoms with E-state index in [2.05, 4.69) is 44.3 Å². The SMILES string of the molecule is CC\C=C/C(C)=C(C)/C=C\NC. The summed E-state index contributed by atoms with van der Waals surface area (Å²) in [7, 11) is 1.90. The molecule has 0 amide bonds. The Labute approximate surface area is 75.9 Å². The maximum absolute atomic E-state index is 2.97. The van der Waals surface area contributed by atoms with Gasteiger partial charge in [-0.1, -0.05) is 19.1 Å². The topological polar surface area (TPSA) is 12.0 Å². The van der Waals surface area contributed by atoms with Crippen molar-refractivity contribution in [2.24, 2.45) is 0 Å². The van der Waals surface area contributed by atoms with E-state index in [4.69, 9.17) is 0 Å². The summed E-state index contributed by atoms with van der Waals surface area (Å²) in [6.45, 7) is 6.38. The first-order chi connectivity index (χ1) is 5.72. The highest BCUT2D eigenvalue weighted by Crippen LogP contribution is 2.06. The first-order valence-corrected chi connectivity index (χ1v) is 4.40. The number of hydrogen-bond donors (Lipinski definition) is 1. The van der Waals surface area contributed by atoms with Gasteiger partial charge in [-0.25, -0.2) is 0 Å². The van der Waals surface area contributed by atoms with E-state index in [1.165, 1.54) is 11.1 Å². The fourth-order valence-corrected chi connectivity index (χ4v) is 0.766. The van der Waals surface area contributed by atoms with Crippen LogP contribution in [0.25, 0.3) is 0 Å². The Morgan fingerprint density at radius 3 is 2.25 bits per heavy atom. The third-order valence-electron chi connectivity index (χ3n) is 1.73. The molecule has 0 atom stereocenters. The predicted molar refractivity (Wildman–Crippen MR) is 56.0 cm³/mol. The van der Waals surface area contributed by atoms with Crippen LogP contribution in [0.3, 0.4) is 0 Å². The molecule has 0 radical (unpaired) electrons. The first-order valence-electron chi connectivity index (χ1n) is 4.40. The van der Waals surface area contributed by atoms with Crippen LogP contribution in [0.1, 0.15) is 27.2 Å². The average molecular weight is 165 g/mol. The van der Waals surface area contributed by atoms with Gasteiger partial charge in [0.2, 0.25) is 0 Å². The molecule has 0 heterocycles. The number of hydrogen-bond acceptors (Lipinski definition) is 1. The molecule has 0 spiro atoms. The summed E-state index contributed by atoms with van der Waals surface area (Å²) in [6.07, 6.45) is 9.45. The molecule has 0 aliphatic rings. The highest BCUT2D eigenvalue weighted by Gasteiger charge is 1.86. The van der Waals surface area contributed by atoms with Gasteiger partial charge in [0.25, 0.3) is 0 Å². The Morgan fingerprint density at radius 1 is 1.17 bits per heavy atom. The third kappa shape index (κ3) is 4.78. The fraction of sp³-hybridized carbons (Fsp3) is 0.455. The summed E-state index contributed by atoms with van der Waals surface area (Å²) in [5.74, 6) is 0. The van der Waals surface area contributed by atoms with Gasteiger partial charge in [0, 0.05) is 7.05 Å². The zero-order valence-electron chi connectivity index (χ0n) is 8.52. The molecule has 1 heteroatoms. The van der Waals surface area contributed by atoms with Gasteiger partial charge in [-0.05, 0) is 43.7 Å². The molecule has 1 nitrogen and oxygen atoms in total. The van der Waals surface area contributed by atoms with Gasteiger partial charge in [0.05, 0.1) is 0 Å². The lowest BCUT2D eigenvalue weighted by atomic mass is 10.1. The second kappa shape index (κ2) is 6.71. The molecule has 12 heavy (non-hydrogen) atoms. The second-order valence-electron chi connectivity index (χ2n) is 2.80. The van der Waals surface area contributed by atoms with E-state index >= 15 is 0 Å². The van der Waals surface area contributed by atoms with Crippen molar-refractivity contribution in [2.75, 3.05) is 7.05 Å². The monoisotopic (exact) mass is 165 g/mol. The summed E-state index contributed by atoms with van der Waals surface area (Å²) in [5.41, 5.74) is 2.62. The Kier molecular flexibility index (Phi) is 6.16. The largest absolute Gasteiger partial charge is 0.394 e. The molecule has 0 aliphatic heterocycles. The highest BCUT2D eigenvalue weighted by molar-refractivity contribution is 5.29. The van der Waals surface area contributed by atoms with Crippen molar-refractivity contribution in [3.8, 4) is 0 Å². The van der Waals surface area contributed by atoms with E-state index in [9.17, 15) is 0 Å². The van der Waals surface area contributed by atoms with E-state index in [1.54, 1.807) is 0 Å². The Morgan fingerprint density at radius 2 is 1.75 bits per heavy atom. The van der Waals surface area contributed by atoms with Gasteiger partial charge in [0.15, 0.2) is 0 Å². The molecule has 0 saturated heterocycles. The van der Waals surface area contributed by atoms with Crippen LogP contribution in [-0.2, 0) is 0 Å². The molecular weight excluding hydrogens is 146 g/mol. The zero-order valence-corrected chi connectivity index (χ0v) is 8.52. The van der Waals surface area contributed by atoms with Crippen LogP contribution in [0.15, 0.2) is 35.6 Å². The van der Waals surface area contributed by atoms with Crippen LogP contribution in [0, 0.1) is 0 Å². The number of nitrogens with one attached hydrogen (secondary N) is 1. The standard InChI is InChI=1S/C11H19N/c1-5-6-7-10(2)11(3)8-9-12-4/h6-9,12H,5H2,1-4H3/b7-6-,9-8-,11-10+. The molecule has 0 bridgehead atoms. The van der Waals surface area contributed by atoms with E-state index in [0.29, 0.717) is 0 Å². The fourth-order valence-electron chi connectivity index (χ4n) is 0.766. The van der Waals surface area contributed by atoms with Crippen molar-refractivity contribution < 1.29 is 0 Å². The maximum Gasteiger partial charge on any atom is 0.00277 e. The second-order valence-corrected chi connectivity index (χ2v) is 2.80. The van der Waals surface area contributed by atoms with Gasteiger partial charge >= 0.3 is 0 Å². The van der Waals surface area contributed by atoms with Gasteiger partial charge in [-0.2, -0.15) is 0 Å². The smallest absolute Gasteiger partial charge is 0.00277 e. The van der Waals surface area contributed by atoms with E-state index in [-0.39, 0.29) is 0 Å². The summed E-state index contributed by atoms with van der Waals surface area (Å²) in [5, 5.41) is 2.97. The van der Waals surface area contributed by atoms with Crippen molar-refractivity contribution in [2.45, 2.75) is 27.2 Å². The van der Waals surface area contributed by atoms with Gasteiger partial charge in [0.1, 0.15) is 0 Å². The average Bonchev–Trinajstić information content (AvgIpc) is 2.10. The zero-order chi connectivity index (χ0) is 9.40. The van der Waals surface area contributed by atoms with Gasteiger partial charge in [-0.15, -0.1) is 0 Å². The van der Waals surface area contributed by atoms with Crippen molar-refractivity contribution in [3.63, 3.8) is 0 Å². The van der Waals surface area contributed by atoms with Crippen molar-refractivity contribution in [1.82, 2.24) is 5.32 Å². The van der Waals surface area contributed by atoms with E-state index in [0.717, 1.165) is 6.42 Å². The van der Waals surface area contributed by atoms with Crippen LogP contribution >= 0.6 is 0 Å². The first kappa shape index (κ1) is 11.0. The van der Waals surface area contributed by atoms with Gasteiger partial charge in [-0.3, -0.25) is 0 Å². The summed E-state index contributed by atoms with van der Waals surface area (Å²) < 4.78 is 0. The highest BCUT2D eigenvalue weighted by atomic mass is 14.8. The molecule has 0 aromatic carbocycles. The molecule has 0 unspecified atom stereocenters. The Hall–Kier alpha value is -0.980. The minimum atomic E-state index is 1.10. The minimum Gasteiger partial charge on any atom is -0.394 e. The van der Waals surface area contributed by atoms with Crippen LogP contribution < -0.4 is 5.32 Å². The number of allylic oxidation sites excluding steroid dienone is 5. The van der Waals surface area contributed by atoms with Crippen molar-refractivity contribution in [1.29, 1.82) is 0 Å². The van der Waals surface area contributed by atoms with Crippen LogP contribution in [0.4, 0.5) is 0 Å². The Bertz CT molecular complexity index is 175. The number of rotatable bonds is 4.